The van der Waals surface area contributed by atoms with Crippen LogP contribution < -0.4 is 10.1 Å². The zero-order valence-corrected chi connectivity index (χ0v) is 14.5. The fourth-order valence-electron chi connectivity index (χ4n) is 2.47. The van der Waals surface area contributed by atoms with Gasteiger partial charge in [0.15, 0.2) is 0 Å². The standard InChI is InChI=1S/C19H20N4O2/c1-4-25-19-15(6-5-9-20-19)11-21-18(24)14-7-8-16-17(10-14)23-13(3)12(2)22-16/h5-10H,4,11H2,1-3H3,(H,21,24). The molecule has 128 valence electrons. The number of pyridine rings is 1. The van der Waals surface area contributed by atoms with E-state index >= 15 is 0 Å². The number of carbonyl (C=O) groups is 1. The number of benzene rings is 1. The molecule has 0 saturated carbocycles. The van der Waals surface area contributed by atoms with Crippen molar-refractivity contribution in [2.24, 2.45) is 0 Å². The highest BCUT2D eigenvalue weighted by molar-refractivity contribution is 5.97. The van der Waals surface area contributed by atoms with E-state index in [1.165, 1.54) is 0 Å². The molecule has 0 radical (unpaired) electrons. The number of hydrogen-bond donors (Lipinski definition) is 1. The van der Waals surface area contributed by atoms with Crippen molar-refractivity contribution in [3.8, 4) is 5.88 Å². The van der Waals surface area contributed by atoms with E-state index in [0.717, 1.165) is 22.5 Å². The van der Waals surface area contributed by atoms with Crippen LogP contribution in [0.1, 0.15) is 34.2 Å². The lowest BCUT2D eigenvalue weighted by molar-refractivity contribution is 0.0950. The molecule has 6 heteroatoms. The Balaban J connectivity index is 1.77. The summed E-state index contributed by atoms with van der Waals surface area (Å²) in [5.74, 6) is 0.369. The van der Waals surface area contributed by atoms with Gasteiger partial charge in [0.05, 0.1) is 29.0 Å². The summed E-state index contributed by atoms with van der Waals surface area (Å²) in [6.07, 6.45) is 1.67. The van der Waals surface area contributed by atoms with Crippen LogP contribution >= 0.6 is 0 Å². The van der Waals surface area contributed by atoms with Gasteiger partial charge in [0.2, 0.25) is 5.88 Å². The lowest BCUT2D eigenvalue weighted by Gasteiger charge is -2.10. The first kappa shape index (κ1) is 16.8. The van der Waals surface area contributed by atoms with Gasteiger partial charge in [-0.2, -0.15) is 0 Å². The summed E-state index contributed by atoms with van der Waals surface area (Å²) in [6.45, 7) is 6.61. The number of aryl methyl sites for hydroxylation is 2. The van der Waals surface area contributed by atoms with Crippen LogP contribution in [0.3, 0.4) is 0 Å². The van der Waals surface area contributed by atoms with Crippen molar-refractivity contribution in [3.05, 3.63) is 59.0 Å². The van der Waals surface area contributed by atoms with Gasteiger partial charge in [-0.3, -0.25) is 4.79 Å². The molecular weight excluding hydrogens is 316 g/mol. The van der Waals surface area contributed by atoms with Crippen molar-refractivity contribution in [2.45, 2.75) is 27.3 Å². The minimum absolute atomic E-state index is 0.173. The van der Waals surface area contributed by atoms with Gasteiger partial charge in [-0.25, -0.2) is 15.0 Å². The molecule has 2 aromatic heterocycles. The lowest BCUT2D eigenvalue weighted by atomic mass is 10.1. The molecule has 2 heterocycles. The molecule has 0 aliphatic carbocycles. The van der Waals surface area contributed by atoms with Crippen molar-refractivity contribution in [3.63, 3.8) is 0 Å². The summed E-state index contributed by atoms with van der Waals surface area (Å²) in [4.78, 5) is 25.6. The Kier molecular flexibility index (Phi) is 4.88. The first-order valence-corrected chi connectivity index (χ1v) is 8.18. The zero-order chi connectivity index (χ0) is 17.8. The quantitative estimate of drug-likeness (QED) is 0.775. The molecule has 3 rings (SSSR count). The molecule has 1 amide bonds. The molecule has 6 nitrogen and oxygen atoms in total. The van der Waals surface area contributed by atoms with E-state index in [4.69, 9.17) is 4.74 Å². The Morgan fingerprint density at radius 1 is 1.12 bits per heavy atom. The Morgan fingerprint density at radius 3 is 2.64 bits per heavy atom. The van der Waals surface area contributed by atoms with E-state index in [1.807, 2.05) is 39.0 Å². The molecular formula is C19H20N4O2. The van der Waals surface area contributed by atoms with Crippen LogP contribution in [0.15, 0.2) is 36.5 Å². The third kappa shape index (κ3) is 3.74. The summed E-state index contributed by atoms with van der Waals surface area (Å²) >= 11 is 0. The van der Waals surface area contributed by atoms with Gasteiger partial charge >= 0.3 is 0 Å². The van der Waals surface area contributed by atoms with Crippen LogP contribution in [0, 0.1) is 13.8 Å². The number of nitrogens with zero attached hydrogens (tertiary/aromatic N) is 3. The van der Waals surface area contributed by atoms with Crippen molar-refractivity contribution in [1.82, 2.24) is 20.3 Å². The molecule has 1 aromatic carbocycles. The Bertz CT molecular complexity index is 924. The molecule has 0 spiro atoms. The molecule has 25 heavy (non-hydrogen) atoms. The number of carbonyl (C=O) groups excluding carboxylic acids is 1. The third-order valence-electron chi connectivity index (χ3n) is 3.91. The second-order valence-electron chi connectivity index (χ2n) is 5.68. The average molecular weight is 336 g/mol. The largest absolute Gasteiger partial charge is 0.478 e. The third-order valence-corrected chi connectivity index (χ3v) is 3.91. The number of ether oxygens (including phenoxy) is 1. The van der Waals surface area contributed by atoms with Crippen LogP contribution in [-0.2, 0) is 6.54 Å². The van der Waals surface area contributed by atoms with Gasteiger partial charge in [0, 0.05) is 23.9 Å². The Hall–Kier alpha value is -3.02. The van der Waals surface area contributed by atoms with Crippen LogP contribution in [0.25, 0.3) is 11.0 Å². The fraction of sp³-hybridized carbons (Fsp3) is 0.263. The summed E-state index contributed by atoms with van der Waals surface area (Å²) in [5, 5.41) is 2.90. The SMILES string of the molecule is CCOc1ncccc1CNC(=O)c1ccc2nc(C)c(C)nc2c1. The highest BCUT2D eigenvalue weighted by Crippen LogP contribution is 2.16. The zero-order valence-electron chi connectivity index (χ0n) is 14.5. The number of rotatable bonds is 5. The minimum Gasteiger partial charge on any atom is -0.478 e. The maximum absolute atomic E-state index is 12.5. The lowest BCUT2D eigenvalue weighted by Crippen LogP contribution is -2.23. The van der Waals surface area contributed by atoms with Crippen molar-refractivity contribution in [1.29, 1.82) is 0 Å². The normalized spacial score (nSPS) is 10.7. The number of aromatic nitrogens is 3. The van der Waals surface area contributed by atoms with Gasteiger partial charge < -0.3 is 10.1 Å². The van der Waals surface area contributed by atoms with Crippen LogP contribution in [0.2, 0.25) is 0 Å². The molecule has 0 aliphatic rings. The topological polar surface area (TPSA) is 77.0 Å². The maximum Gasteiger partial charge on any atom is 0.251 e. The van der Waals surface area contributed by atoms with E-state index in [-0.39, 0.29) is 5.91 Å². The highest BCUT2D eigenvalue weighted by atomic mass is 16.5. The second kappa shape index (κ2) is 7.25. The minimum atomic E-state index is -0.173. The van der Waals surface area contributed by atoms with Gasteiger partial charge in [-0.1, -0.05) is 6.07 Å². The van der Waals surface area contributed by atoms with Crippen LogP contribution in [0.4, 0.5) is 0 Å². The van der Waals surface area contributed by atoms with E-state index < -0.39 is 0 Å². The van der Waals surface area contributed by atoms with E-state index in [2.05, 4.69) is 20.3 Å². The van der Waals surface area contributed by atoms with Crippen LogP contribution in [-0.4, -0.2) is 27.5 Å². The average Bonchev–Trinajstić information content (AvgIpc) is 2.61. The smallest absolute Gasteiger partial charge is 0.251 e. The maximum atomic E-state index is 12.5. The van der Waals surface area contributed by atoms with Gasteiger partial charge in [0.25, 0.3) is 5.91 Å². The fourth-order valence-corrected chi connectivity index (χ4v) is 2.47. The number of amides is 1. The Morgan fingerprint density at radius 2 is 1.88 bits per heavy atom. The first-order chi connectivity index (χ1) is 12.1. The molecule has 0 atom stereocenters. The molecule has 0 saturated heterocycles. The van der Waals surface area contributed by atoms with Crippen molar-refractivity contribution < 1.29 is 9.53 Å². The van der Waals surface area contributed by atoms with Crippen LogP contribution in [0.5, 0.6) is 5.88 Å². The molecule has 3 aromatic rings. The molecule has 0 aliphatic heterocycles. The molecule has 1 N–H and O–H groups in total. The van der Waals surface area contributed by atoms with E-state index in [0.29, 0.717) is 30.1 Å². The second-order valence-corrected chi connectivity index (χ2v) is 5.68. The molecule has 0 fully saturated rings. The van der Waals surface area contributed by atoms with Crippen molar-refractivity contribution in [2.75, 3.05) is 6.61 Å². The van der Waals surface area contributed by atoms with E-state index in [9.17, 15) is 4.79 Å². The first-order valence-electron chi connectivity index (χ1n) is 8.18. The van der Waals surface area contributed by atoms with Gasteiger partial charge in [-0.15, -0.1) is 0 Å². The number of fused-ring (bicyclic) bond motifs is 1. The molecule has 0 unspecified atom stereocenters. The predicted molar refractivity (Wildman–Crippen MR) is 95.6 cm³/mol. The van der Waals surface area contributed by atoms with Crippen molar-refractivity contribution >= 4 is 16.9 Å². The summed E-state index contributed by atoms with van der Waals surface area (Å²) < 4.78 is 5.48. The predicted octanol–water partition coefficient (Wildman–Crippen LogP) is 2.97. The number of nitrogens with one attached hydrogen (secondary N) is 1. The summed E-state index contributed by atoms with van der Waals surface area (Å²) in [7, 11) is 0. The van der Waals surface area contributed by atoms with Gasteiger partial charge in [0.1, 0.15) is 0 Å². The number of hydrogen-bond acceptors (Lipinski definition) is 5. The summed E-state index contributed by atoms with van der Waals surface area (Å²) in [6, 6.07) is 9.04. The van der Waals surface area contributed by atoms with Gasteiger partial charge in [-0.05, 0) is 45.0 Å². The molecule has 0 bridgehead atoms. The monoisotopic (exact) mass is 336 g/mol. The highest BCUT2D eigenvalue weighted by Gasteiger charge is 2.10. The summed E-state index contributed by atoms with van der Waals surface area (Å²) in [5.41, 5.74) is 4.64. The Labute approximate surface area is 146 Å². The van der Waals surface area contributed by atoms with E-state index in [1.54, 1.807) is 18.3 Å².